The molecular weight excluding hydrogens is 504 g/mol. The van der Waals surface area contributed by atoms with Crippen molar-refractivity contribution < 1.29 is 9.47 Å². The van der Waals surface area contributed by atoms with Gasteiger partial charge in [-0.25, -0.2) is 0 Å². The van der Waals surface area contributed by atoms with E-state index >= 15 is 0 Å². The number of rotatable bonds is 7. The summed E-state index contributed by atoms with van der Waals surface area (Å²) >= 11 is 7.15. The molecule has 0 saturated heterocycles. The van der Waals surface area contributed by atoms with Crippen LogP contribution in [-0.2, 0) is 10.7 Å². The molecule has 0 radical (unpaired) electrons. The topological polar surface area (TPSA) is 18.5 Å². The molecule has 0 aliphatic heterocycles. The van der Waals surface area contributed by atoms with E-state index in [-0.39, 0.29) is 0 Å². The molecule has 4 aromatic rings. The van der Waals surface area contributed by atoms with Gasteiger partial charge in [0.25, 0.3) is 0 Å². The first kappa shape index (κ1) is 21.2. The average molecular weight is 528 g/mol. The van der Waals surface area contributed by atoms with Crippen molar-refractivity contribution in [1.82, 2.24) is 0 Å². The third-order valence-corrected chi connectivity index (χ3v) is 6.55. The van der Waals surface area contributed by atoms with Crippen LogP contribution in [0.4, 0.5) is 0 Å². The summed E-state index contributed by atoms with van der Waals surface area (Å²) < 4.78 is 12.2. The fourth-order valence-electron chi connectivity index (χ4n) is 3.95. The van der Waals surface area contributed by atoms with Crippen LogP contribution in [0.1, 0.15) is 25.0 Å². The van der Waals surface area contributed by atoms with Gasteiger partial charge in [0.15, 0.2) is 0 Å². The lowest BCUT2D eigenvalue weighted by molar-refractivity contribution is 0.337. The van der Waals surface area contributed by atoms with Gasteiger partial charge >= 0.3 is 0 Å². The molecule has 0 aliphatic carbocycles. The second-order valence-electron chi connectivity index (χ2n) is 7.12. The highest BCUT2D eigenvalue weighted by Gasteiger charge is 2.19. The van der Waals surface area contributed by atoms with Gasteiger partial charge in [0.1, 0.15) is 11.5 Å². The Balaban J connectivity index is 2.11. The van der Waals surface area contributed by atoms with Crippen molar-refractivity contribution in [3.05, 3.63) is 71.8 Å². The largest absolute Gasteiger partial charge is 0.493 e. The van der Waals surface area contributed by atoms with Crippen LogP contribution in [0.25, 0.3) is 32.7 Å². The summed E-state index contributed by atoms with van der Waals surface area (Å²) in [6, 6.07) is 21.7. The lowest BCUT2D eigenvalue weighted by Crippen LogP contribution is -1.99. The van der Waals surface area contributed by atoms with Gasteiger partial charge in [-0.2, -0.15) is 0 Å². The minimum atomic E-state index is 0.612. The number of fused-ring (bicyclic) bond motifs is 2. The van der Waals surface area contributed by atoms with Crippen molar-refractivity contribution >= 4 is 53.4 Å². The zero-order valence-electron chi connectivity index (χ0n) is 17.2. The Labute approximate surface area is 194 Å². The molecule has 2 nitrogen and oxygen atoms in total. The molecule has 4 heteroatoms. The molecule has 0 aromatic heterocycles. The van der Waals surface area contributed by atoms with Gasteiger partial charge in [0.2, 0.25) is 0 Å². The number of hydrogen-bond acceptors (Lipinski definition) is 2. The van der Waals surface area contributed by atoms with Crippen LogP contribution in [0, 0.1) is 0 Å². The van der Waals surface area contributed by atoms with Crippen LogP contribution in [0.3, 0.4) is 0 Å². The van der Waals surface area contributed by atoms with Crippen molar-refractivity contribution in [2.45, 2.75) is 24.5 Å². The summed E-state index contributed by atoms with van der Waals surface area (Å²) in [7, 11) is 0. The minimum Gasteiger partial charge on any atom is -0.493 e. The normalized spacial score (nSPS) is 11.2. The monoisotopic (exact) mass is 526 g/mol. The van der Waals surface area contributed by atoms with Crippen LogP contribution < -0.4 is 9.47 Å². The molecule has 0 atom stereocenters. The standard InChI is InChI=1S/C26H24Br2O2/c1-3-29-23-11-7-19-13-17(15-27)5-9-21(19)25(23)26-22-10-6-18(16-28)14-20(22)8-12-24(26)30-4-2/h5-14H,3-4,15-16H2,1-2H3. The van der Waals surface area contributed by atoms with Crippen molar-refractivity contribution in [3.8, 4) is 22.6 Å². The maximum atomic E-state index is 6.11. The molecule has 0 saturated carbocycles. The van der Waals surface area contributed by atoms with Gasteiger partial charge in [0, 0.05) is 21.8 Å². The Kier molecular flexibility index (Phi) is 6.64. The third kappa shape index (κ3) is 3.95. The smallest absolute Gasteiger partial charge is 0.127 e. The highest BCUT2D eigenvalue weighted by molar-refractivity contribution is 9.08. The summed E-state index contributed by atoms with van der Waals surface area (Å²) in [6.07, 6.45) is 0. The lowest BCUT2D eigenvalue weighted by Gasteiger charge is -2.19. The molecule has 4 rings (SSSR count). The molecule has 0 spiro atoms. The number of alkyl halides is 2. The second-order valence-corrected chi connectivity index (χ2v) is 8.24. The molecule has 154 valence electrons. The van der Waals surface area contributed by atoms with Gasteiger partial charge in [-0.3, -0.25) is 0 Å². The van der Waals surface area contributed by atoms with Crippen LogP contribution in [0.2, 0.25) is 0 Å². The zero-order chi connectivity index (χ0) is 21.1. The quantitative estimate of drug-likeness (QED) is 0.225. The molecule has 4 aromatic carbocycles. The fourth-order valence-corrected chi connectivity index (χ4v) is 4.65. The summed E-state index contributed by atoms with van der Waals surface area (Å²) in [5.74, 6) is 1.77. The van der Waals surface area contributed by atoms with Gasteiger partial charge in [-0.1, -0.05) is 80.4 Å². The van der Waals surface area contributed by atoms with Crippen LogP contribution in [0.15, 0.2) is 60.7 Å². The predicted molar refractivity (Wildman–Crippen MR) is 134 cm³/mol. The predicted octanol–water partition coefficient (Wildman–Crippen LogP) is 8.25. The first-order chi connectivity index (χ1) is 14.7. The van der Waals surface area contributed by atoms with Crippen LogP contribution in [-0.4, -0.2) is 13.2 Å². The lowest BCUT2D eigenvalue weighted by atomic mass is 9.91. The Morgan fingerprint density at radius 3 is 1.40 bits per heavy atom. The molecule has 0 amide bonds. The Bertz CT molecular complexity index is 1110. The molecule has 0 aliphatic rings. The van der Waals surface area contributed by atoms with Crippen molar-refractivity contribution in [2.75, 3.05) is 13.2 Å². The van der Waals surface area contributed by atoms with E-state index in [9.17, 15) is 0 Å². The molecule has 0 bridgehead atoms. The Morgan fingerprint density at radius 2 is 1.03 bits per heavy atom. The van der Waals surface area contributed by atoms with Crippen LogP contribution >= 0.6 is 31.9 Å². The van der Waals surface area contributed by atoms with E-state index in [2.05, 4.69) is 92.5 Å². The van der Waals surface area contributed by atoms with Gasteiger partial charge in [0.05, 0.1) is 13.2 Å². The molecular formula is C26H24Br2O2. The number of hydrogen-bond donors (Lipinski definition) is 0. The summed E-state index contributed by atoms with van der Waals surface area (Å²) in [4.78, 5) is 0. The van der Waals surface area contributed by atoms with E-state index < -0.39 is 0 Å². The van der Waals surface area contributed by atoms with E-state index in [0.29, 0.717) is 13.2 Å². The van der Waals surface area contributed by atoms with Gasteiger partial charge in [-0.15, -0.1) is 0 Å². The summed E-state index contributed by atoms with van der Waals surface area (Å²) in [5, 5.41) is 6.40. The van der Waals surface area contributed by atoms with E-state index in [4.69, 9.17) is 9.47 Å². The molecule has 0 unspecified atom stereocenters. The first-order valence-corrected chi connectivity index (χ1v) is 12.4. The Morgan fingerprint density at radius 1 is 0.600 bits per heavy atom. The third-order valence-electron chi connectivity index (χ3n) is 5.25. The molecule has 30 heavy (non-hydrogen) atoms. The first-order valence-electron chi connectivity index (χ1n) is 10.2. The maximum absolute atomic E-state index is 6.11. The number of ether oxygens (including phenoxy) is 2. The van der Waals surface area contributed by atoms with Crippen molar-refractivity contribution in [2.24, 2.45) is 0 Å². The SMILES string of the molecule is CCOc1ccc2cc(CBr)ccc2c1-c1c(OCC)ccc2cc(CBr)ccc12. The number of benzene rings is 4. The van der Waals surface area contributed by atoms with Crippen LogP contribution in [0.5, 0.6) is 11.5 Å². The maximum Gasteiger partial charge on any atom is 0.127 e. The average Bonchev–Trinajstić information content (AvgIpc) is 2.79. The van der Waals surface area contributed by atoms with E-state index in [1.165, 1.54) is 32.7 Å². The van der Waals surface area contributed by atoms with Crippen molar-refractivity contribution in [1.29, 1.82) is 0 Å². The Hall–Kier alpha value is -2.04. The van der Waals surface area contributed by atoms with E-state index in [1.807, 2.05) is 13.8 Å². The second kappa shape index (κ2) is 9.40. The fraction of sp³-hybridized carbons (Fsp3) is 0.231. The molecule has 0 fully saturated rings. The molecule has 0 heterocycles. The van der Waals surface area contributed by atoms with Gasteiger partial charge in [-0.05, 0) is 58.7 Å². The summed E-state index contributed by atoms with van der Waals surface area (Å²) in [5.41, 5.74) is 4.69. The minimum absolute atomic E-state index is 0.612. The van der Waals surface area contributed by atoms with Gasteiger partial charge < -0.3 is 9.47 Å². The number of halogens is 2. The van der Waals surface area contributed by atoms with Crippen molar-refractivity contribution in [3.63, 3.8) is 0 Å². The summed E-state index contributed by atoms with van der Waals surface area (Å²) in [6.45, 7) is 5.27. The van der Waals surface area contributed by atoms with E-state index in [0.717, 1.165) is 33.3 Å². The van der Waals surface area contributed by atoms with E-state index in [1.54, 1.807) is 0 Å². The highest BCUT2D eigenvalue weighted by atomic mass is 79.9. The highest BCUT2D eigenvalue weighted by Crippen LogP contribution is 2.46. The zero-order valence-corrected chi connectivity index (χ0v) is 20.3. The molecule has 0 N–H and O–H groups in total.